The molecule has 0 aromatic carbocycles. The number of alkyl halides is 1. The normalized spacial score (nSPS) is 12.9. The molecule has 0 saturated heterocycles. The summed E-state index contributed by atoms with van der Waals surface area (Å²) in [5.74, 6) is 1.51. The maximum Gasteiger partial charge on any atom is 0.0270 e. The van der Waals surface area contributed by atoms with Crippen LogP contribution >= 0.6 is 11.6 Å². The SMILES string of the molecule is CC(CCCl)CCN(C)CCc1ccncc1. The summed E-state index contributed by atoms with van der Waals surface area (Å²) in [5, 5.41) is 0. The van der Waals surface area contributed by atoms with Crippen LogP contribution in [0.1, 0.15) is 25.3 Å². The molecule has 1 heterocycles. The first-order valence-electron chi connectivity index (χ1n) is 6.35. The smallest absolute Gasteiger partial charge is 0.0270 e. The van der Waals surface area contributed by atoms with Gasteiger partial charge in [0.1, 0.15) is 0 Å². The van der Waals surface area contributed by atoms with Gasteiger partial charge in [-0.1, -0.05) is 6.92 Å². The zero-order valence-electron chi connectivity index (χ0n) is 10.9. The van der Waals surface area contributed by atoms with Gasteiger partial charge in [-0.05, 0) is 56.5 Å². The summed E-state index contributed by atoms with van der Waals surface area (Å²) in [5.41, 5.74) is 1.36. The molecule has 96 valence electrons. The largest absolute Gasteiger partial charge is 0.306 e. The van der Waals surface area contributed by atoms with Crippen molar-refractivity contribution < 1.29 is 0 Å². The van der Waals surface area contributed by atoms with Crippen LogP contribution in [0, 0.1) is 5.92 Å². The molecular weight excluding hydrogens is 232 g/mol. The van der Waals surface area contributed by atoms with Crippen LogP contribution in [0.4, 0.5) is 0 Å². The van der Waals surface area contributed by atoms with Gasteiger partial charge in [0.15, 0.2) is 0 Å². The first-order valence-corrected chi connectivity index (χ1v) is 6.89. The number of rotatable bonds is 8. The van der Waals surface area contributed by atoms with E-state index in [1.165, 1.54) is 12.0 Å². The van der Waals surface area contributed by atoms with E-state index in [9.17, 15) is 0 Å². The van der Waals surface area contributed by atoms with Gasteiger partial charge in [-0.15, -0.1) is 11.6 Å². The van der Waals surface area contributed by atoms with Crippen molar-refractivity contribution >= 4 is 11.6 Å². The van der Waals surface area contributed by atoms with Gasteiger partial charge in [-0.25, -0.2) is 0 Å². The molecule has 0 saturated carbocycles. The molecule has 0 radical (unpaired) electrons. The first kappa shape index (κ1) is 14.5. The van der Waals surface area contributed by atoms with Gasteiger partial charge in [-0.2, -0.15) is 0 Å². The average molecular weight is 255 g/mol. The zero-order valence-corrected chi connectivity index (χ0v) is 11.7. The lowest BCUT2D eigenvalue weighted by Gasteiger charge is -2.18. The lowest BCUT2D eigenvalue weighted by Crippen LogP contribution is -2.23. The average Bonchev–Trinajstić information content (AvgIpc) is 2.35. The van der Waals surface area contributed by atoms with Crippen LogP contribution in [-0.2, 0) is 6.42 Å². The van der Waals surface area contributed by atoms with Crippen LogP contribution in [0.15, 0.2) is 24.5 Å². The predicted molar refractivity (Wildman–Crippen MR) is 74.6 cm³/mol. The number of aromatic nitrogens is 1. The molecular formula is C14H23ClN2. The number of hydrogen-bond donors (Lipinski definition) is 0. The Bertz CT molecular complexity index is 290. The Hall–Kier alpha value is -0.600. The summed E-state index contributed by atoms with van der Waals surface area (Å²) in [6.07, 6.45) is 7.18. The van der Waals surface area contributed by atoms with E-state index < -0.39 is 0 Å². The molecule has 1 rings (SSSR count). The Balaban J connectivity index is 2.15. The Morgan fingerprint density at radius 2 is 1.94 bits per heavy atom. The Morgan fingerprint density at radius 3 is 2.59 bits per heavy atom. The topological polar surface area (TPSA) is 16.1 Å². The van der Waals surface area contributed by atoms with Gasteiger partial charge < -0.3 is 4.90 Å². The van der Waals surface area contributed by atoms with Crippen LogP contribution < -0.4 is 0 Å². The molecule has 1 atom stereocenters. The van der Waals surface area contributed by atoms with E-state index in [1.807, 2.05) is 12.4 Å². The summed E-state index contributed by atoms with van der Waals surface area (Å²) < 4.78 is 0. The molecule has 0 amide bonds. The quantitative estimate of drug-likeness (QED) is 0.663. The van der Waals surface area contributed by atoms with Gasteiger partial charge in [0.2, 0.25) is 0 Å². The monoisotopic (exact) mass is 254 g/mol. The number of nitrogens with zero attached hydrogens (tertiary/aromatic N) is 2. The van der Waals surface area contributed by atoms with Gasteiger partial charge in [-0.3, -0.25) is 4.98 Å². The molecule has 0 fully saturated rings. The Labute approximate surface area is 110 Å². The fraction of sp³-hybridized carbons (Fsp3) is 0.643. The third-order valence-electron chi connectivity index (χ3n) is 3.14. The zero-order chi connectivity index (χ0) is 12.5. The van der Waals surface area contributed by atoms with Crippen molar-refractivity contribution in [1.82, 2.24) is 9.88 Å². The van der Waals surface area contributed by atoms with Crippen molar-refractivity contribution in [2.75, 3.05) is 26.0 Å². The van der Waals surface area contributed by atoms with Gasteiger partial charge in [0, 0.05) is 24.8 Å². The fourth-order valence-electron chi connectivity index (χ4n) is 1.75. The summed E-state index contributed by atoms with van der Waals surface area (Å²) in [4.78, 5) is 6.42. The molecule has 1 aromatic heterocycles. The number of hydrogen-bond acceptors (Lipinski definition) is 2. The molecule has 0 aliphatic rings. The lowest BCUT2D eigenvalue weighted by atomic mass is 10.1. The highest BCUT2D eigenvalue weighted by Crippen LogP contribution is 2.09. The van der Waals surface area contributed by atoms with E-state index >= 15 is 0 Å². The van der Waals surface area contributed by atoms with E-state index in [-0.39, 0.29) is 0 Å². The summed E-state index contributed by atoms with van der Waals surface area (Å²) in [6.45, 7) is 4.54. The second-order valence-electron chi connectivity index (χ2n) is 4.78. The number of pyridine rings is 1. The third-order valence-corrected chi connectivity index (χ3v) is 3.36. The van der Waals surface area contributed by atoms with E-state index in [1.54, 1.807) is 0 Å². The minimum absolute atomic E-state index is 0.732. The van der Waals surface area contributed by atoms with Crippen molar-refractivity contribution in [2.24, 2.45) is 5.92 Å². The second kappa shape index (κ2) is 8.48. The van der Waals surface area contributed by atoms with Crippen molar-refractivity contribution in [3.05, 3.63) is 30.1 Å². The molecule has 17 heavy (non-hydrogen) atoms. The van der Waals surface area contributed by atoms with Crippen LogP contribution in [-0.4, -0.2) is 35.9 Å². The molecule has 0 spiro atoms. The highest BCUT2D eigenvalue weighted by Gasteiger charge is 2.04. The molecule has 2 nitrogen and oxygen atoms in total. The highest BCUT2D eigenvalue weighted by atomic mass is 35.5. The molecule has 0 aliphatic carbocycles. The Kier molecular flexibility index (Phi) is 7.22. The first-order chi connectivity index (χ1) is 8.22. The molecule has 0 bridgehead atoms. The molecule has 0 N–H and O–H groups in total. The summed E-state index contributed by atoms with van der Waals surface area (Å²) >= 11 is 5.73. The van der Waals surface area contributed by atoms with E-state index in [4.69, 9.17) is 11.6 Å². The number of likely N-dealkylation sites (N-methyl/N-ethyl adjacent to an activating group) is 1. The van der Waals surface area contributed by atoms with Gasteiger partial charge in [0.05, 0.1) is 0 Å². The van der Waals surface area contributed by atoms with Gasteiger partial charge >= 0.3 is 0 Å². The van der Waals surface area contributed by atoms with Gasteiger partial charge in [0.25, 0.3) is 0 Å². The van der Waals surface area contributed by atoms with Crippen molar-refractivity contribution in [3.63, 3.8) is 0 Å². The van der Waals surface area contributed by atoms with E-state index in [0.717, 1.165) is 37.7 Å². The van der Waals surface area contributed by atoms with Crippen molar-refractivity contribution in [2.45, 2.75) is 26.2 Å². The minimum atomic E-state index is 0.732. The minimum Gasteiger partial charge on any atom is -0.306 e. The van der Waals surface area contributed by atoms with Crippen molar-refractivity contribution in [3.8, 4) is 0 Å². The van der Waals surface area contributed by atoms with E-state index in [0.29, 0.717) is 0 Å². The van der Waals surface area contributed by atoms with E-state index in [2.05, 4.69) is 36.0 Å². The summed E-state index contributed by atoms with van der Waals surface area (Å²) in [6, 6.07) is 4.17. The van der Waals surface area contributed by atoms with Crippen molar-refractivity contribution in [1.29, 1.82) is 0 Å². The van der Waals surface area contributed by atoms with Crippen LogP contribution in [0.2, 0.25) is 0 Å². The molecule has 1 unspecified atom stereocenters. The highest BCUT2D eigenvalue weighted by molar-refractivity contribution is 6.17. The fourth-order valence-corrected chi connectivity index (χ4v) is 2.13. The van der Waals surface area contributed by atoms with Crippen LogP contribution in [0.3, 0.4) is 0 Å². The maximum absolute atomic E-state index is 5.73. The lowest BCUT2D eigenvalue weighted by molar-refractivity contribution is 0.306. The number of halogens is 1. The second-order valence-corrected chi connectivity index (χ2v) is 5.16. The summed E-state index contributed by atoms with van der Waals surface area (Å²) in [7, 11) is 2.19. The predicted octanol–water partition coefficient (Wildman–Crippen LogP) is 3.21. The maximum atomic E-state index is 5.73. The van der Waals surface area contributed by atoms with Crippen LogP contribution in [0.5, 0.6) is 0 Å². The standard InChI is InChI=1S/C14H23ClN2/c1-13(3-8-15)6-11-17(2)12-7-14-4-9-16-10-5-14/h4-5,9-10,13H,3,6-8,11-12H2,1-2H3. The molecule has 0 aliphatic heterocycles. The molecule has 3 heteroatoms. The third kappa shape index (κ3) is 6.64. The van der Waals surface area contributed by atoms with Crippen LogP contribution in [0.25, 0.3) is 0 Å². The Morgan fingerprint density at radius 1 is 1.24 bits per heavy atom. The molecule has 1 aromatic rings.